The van der Waals surface area contributed by atoms with E-state index >= 15 is 0 Å². The second-order valence-electron chi connectivity index (χ2n) is 3.14. The van der Waals surface area contributed by atoms with Crippen LogP contribution in [-0.4, -0.2) is 18.4 Å². The molecule has 1 aromatic rings. The van der Waals surface area contributed by atoms with Gasteiger partial charge in [-0.3, -0.25) is 9.59 Å². The molecule has 1 rings (SSSR count). The average molecular weight is 259 g/mol. The minimum absolute atomic E-state index is 0.101. The quantitative estimate of drug-likeness (QED) is 0.711. The molecule has 2 amide bonds. The molecule has 0 aromatic heterocycles. The molecule has 0 saturated heterocycles. The van der Waals surface area contributed by atoms with Crippen LogP contribution in [0.1, 0.15) is 16.8 Å². The normalized spacial score (nSPS) is 9.88. The second-order valence-corrected chi connectivity index (χ2v) is 4.06. The minimum atomic E-state index is -0.464. The van der Waals surface area contributed by atoms with Crippen molar-refractivity contribution < 1.29 is 9.59 Å². The first-order chi connectivity index (χ1) is 7.50. The monoisotopic (exact) mass is 258 g/mol. The molecular weight excluding hydrogens is 248 g/mol. The Kier molecular flexibility index (Phi) is 4.64. The van der Waals surface area contributed by atoms with Crippen molar-refractivity contribution >= 4 is 36.0 Å². The molecule has 6 heteroatoms. The maximum absolute atomic E-state index is 11.6. The summed E-state index contributed by atoms with van der Waals surface area (Å²) in [5, 5.41) is 2.88. The van der Waals surface area contributed by atoms with Crippen LogP contribution in [0.25, 0.3) is 0 Å². The molecule has 16 heavy (non-hydrogen) atoms. The first kappa shape index (κ1) is 12.9. The van der Waals surface area contributed by atoms with Gasteiger partial charge in [-0.05, 0) is 18.2 Å². The van der Waals surface area contributed by atoms with Gasteiger partial charge in [-0.15, -0.1) is 12.6 Å². The number of primary amides is 1. The van der Waals surface area contributed by atoms with Crippen LogP contribution in [0, 0.1) is 0 Å². The van der Waals surface area contributed by atoms with Crippen molar-refractivity contribution in [2.75, 3.05) is 6.54 Å². The Morgan fingerprint density at radius 3 is 2.75 bits per heavy atom. The predicted octanol–water partition coefficient (Wildman–Crippen LogP) is 1.23. The standard InChI is InChI=1S/C10H11ClN2O2S/c11-8-2-1-6(16)5-7(8)10(15)13-4-3-9(12)14/h1-2,5,16H,3-4H2,(H2,12,14)(H,13,15). The summed E-state index contributed by atoms with van der Waals surface area (Å²) in [7, 11) is 0. The van der Waals surface area contributed by atoms with Gasteiger partial charge in [0.1, 0.15) is 0 Å². The van der Waals surface area contributed by atoms with E-state index in [1.807, 2.05) is 0 Å². The van der Waals surface area contributed by atoms with Gasteiger partial charge in [0.25, 0.3) is 5.91 Å². The van der Waals surface area contributed by atoms with Gasteiger partial charge in [-0.2, -0.15) is 0 Å². The highest BCUT2D eigenvalue weighted by molar-refractivity contribution is 7.80. The van der Waals surface area contributed by atoms with Crippen molar-refractivity contribution in [2.24, 2.45) is 5.73 Å². The number of thiol groups is 1. The summed E-state index contributed by atoms with van der Waals surface area (Å²) in [6, 6.07) is 4.84. The Bertz CT molecular complexity index is 423. The highest BCUT2D eigenvalue weighted by Gasteiger charge is 2.10. The molecule has 0 unspecified atom stereocenters. The zero-order valence-electron chi connectivity index (χ0n) is 8.37. The Morgan fingerprint density at radius 1 is 1.44 bits per heavy atom. The zero-order valence-corrected chi connectivity index (χ0v) is 10.0. The van der Waals surface area contributed by atoms with Gasteiger partial charge in [0.2, 0.25) is 5.91 Å². The molecule has 3 N–H and O–H groups in total. The van der Waals surface area contributed by atoms with E-state index in [0.717, 1.165) is 0 Å². The van der Waals surface area contributed by atoms with Gasteiger partial charge in [-0.1, -0.05) is 11.6 Å². The lowest BCUT2D eigenvalue weighted by Gasteiger charge is -2.06. The zero-order chi connectivity index (χ0) is 12.1. The highest BCUT2D eigenvalue weighted by Crippen LogP contribution is 2.19. The molecule has 0 radical (unpaired) electrons. The van der Waals surface area contributed by atoms with Gasteiger partial charge in [0, 0.05) is 17.9 Å². The van der Waals surface area contributed by atoms with Gasteiger partial charge < -0.3 is 11.1 Å². The van der Waals surface area contributed by atoms with E-state index in [0.29, 0.717) is 15.5 Å². The average Bonchev–Trinajstić information content (AvgIpc) is 2.21. The molecule has 86 valence electrons. The summed E-state index contributed by atoms with van der Waals surface area (Å²) in [6.45, 7) is 0.196. The number of hydrogen-bond donors (Lipinski definition) is 3. The van der Waals surface area contributed by atoms with Crippen LogP contribution in [0.5, 0.6) is 0 Å². The Hall–Kier alpha value is -1.20. The van der Waals surface area contributed by atoms with Crippen LogP contribution >= 0.6 is 24.2 Å². The van der Waals surface area contributed by atoms with E-state index in [2.05, 4.69) is 17.9 Å². The third-order valence-electron chi connectivity index (χ3n) is 1.85. The van der Waals surface area contributed by atoms with E-state index in [1.165, 1.54) is 0 Å². The first-order valence-electron chi connectivity index (χ1n) is 4.55. The molecule has 4 nitrogen and oxygen atoms in total. The molecule has 0 aliphatic carbocycles. The Labute approximate surface area is 104 Å². The third kappa shape index (κ3) is 3.75. The van der Waals surface area contributed by atoms with Gasteiger partial charge >= 0.3 is 0 Å². The van der Waals surface area contributed by atoms with Crippen molar-refractivity contribution in [2.45, 2.75) is 11.3 Å². The van der Waals surface area contributed by atoms with Crippen molar-refractivity contribution in [1.82, 2.24) is 5.32 Å². The number of amides is 2. The van der Waals surface area contributed by atoms with Gasteiger partial charge in [0.05, 0.1) is 10.6 Å². The number of benzene rings is 1. The number of nitrogens with one attached hydrogen (secondary N) is 1. The number of rotatable bonds is 4. The van der Waals surface area contributed by atoms with Crippen LogP contribution in [0.4, 0.5) is 0 Å². The molecule has 0 fully saturated rings. The number of nitrogens with two attached hydrogens (primary N) is 1. The van der Waals surface area contributed by atoms with Crippen LogP contribution in [0.2, 0.25) is 5.02 Å². The second kappa shape index (κ2) is 5.77. The van der Waals surface area contributed by atoms with Crippen molar-refractivity contribution in [3.8, 4) is 0 Å². The molecule has 0 spiro atoms. The van der Waals surface area contributed by atoms with Crippen molar-refractivity contribution in [1.29, 1.82) is 0 Å². The number of halogens is 1. The summed E-state index contributed by atoms with van der Waals surface area (Å²) in [6.07, 6.45) is 0.101. The third-order valence-corrected chi connectivity index (χ3v) is 2.46. The number of hydrogen-bond acceptors (Lipinski definition) is 3. The van der Waals surface area contributed by atoms with E-state index in [9.17, 15) is 9.59 Å². The first-order valence-corrected chi connectivity index (χ1v) is 5.38. The summed E-state index contributed by atoms with van der Waals surface area (Å²) in [4.78, 5) is 22.7. The van der Waals surface area contributed by atoms with Crippen molar-refractivity contribution in [3.05, 3.63) is 28.8 Å². The molecule has 0 bridgehead atoms. The minimum Gasteiger partial charge on any atom is -0.370 e. The topological polar surface area (TPSA) is 72.2 Å². The largest absolute Gasteiger partial charge is 0.370 e. The van der Waals surface area contributed by atoms with Crippen molar-refractivity contribution in [3.63, 3.8) is 0 Å². The lowest BCUT2D eigenvalue weighted by Crippen LogP contribution is -2.28. The maximum atomic E-state index is 11.6. The van der Waals surface area contributed by atoms with E-state index in [-0.39, 0.29) is 18.9 Å². The Morgan fingerprint density at radius 2 is 2.12 bits per heavy atom. The fraction of sp³-hybridized carbons (Fsp3) is 0.200. The number of carbonyl (C=O) groups excluding carboxylic acids is 2. The molecule has 0 saturated carbocycles. The highest BCUT2D eigenvalue weighted by atomic mass is 35.5. The number of carbonyl (C=O) groups is 2. The van der Waals surface area contributed by atoms with Crippen LogP contribution in [0.3, 0.4) is 0 Å². The lowest BCUT2D eigenvalue weighted by molar-refractivity contribution is -0.117. The van der Waals surface area contributed by atoms with Gasteiger partial charge in [-0.25, -0.2) is 0 Å². The Balaban J connectivity index is 2.65. The predicted molar refractivity (Wildman–Crippen MR) is 64.8 cm³/mol. The molecular formula is C10H11ClN2O2S. The van der Waals surface area contributed by atoms with E-state index in [1.54, 1.807) is 18.2 Å². The SMILES string of the molecule is NC(=O)CCNC(=O)c1cc(S)ccc1Cl. The van der Waals surface area contributed by atoms with Gasteiger partial charge in [0.15, 0.2) is 0 Å². The molecule has 0 heterocycles. The smallest absolute Gasteiger partial charge is 0.252 e. The molecule has 1 aromatic carbocycles. The fourth-order valence-electron chi connectivity index (χ4n) is 1.08. The van der Waals surface area contributed by atoms with Crippen LogP contribution < -0.4 is 11.1 Å². The summed E-state index contributed by atoms with van der Waals surface area (Å²) < 4.78 is 0. The fourth-order valence-corrected chi connectivity index (χ4v) is 1.49. The maximum Gasteiger partial charge on any atom is 0.252 e. The summed E-state index contributed by atoms with van der Waals surface area (Å²) in [5.74, 6) is -0.809. The van der Waals surface area contributed by atoms with Crippen LogP contribution in [0.15, 0.2) is 23.1 Å². The van der Waals surface area contributed by atoms with E-state index in [4.69, 9.17) is 17.3 Å². The van der Waals surface area contributed by atoms with Crippen LogP contribution in [-0.2, 0) is 4.79 Å². The van der Waals surface area contributed by atoms with E-state index < -0.39 is 5.91 Å². The molecule has 0 atom stereocenters. The summed E-state index contributed by atoms with van der Waals surface area (Å²) in [5.41, 5.74) is 5.27. The molecule has 0 aliphatic heterocycles. The lowest BCUT2D eigenvalue weighted by atomic mass is 10.2. The molecule has 0 aliphatic rings. The summed E-state index contributed by atoms with van der Waals surface area (Å²) >= 11 is 9.95.